The first kappa shape index (κ1) is 30.1. The Morgan fingerprint density at radius 3 is 2.54 bits per heavy atom. The molecule has 218 valence electrons. The summed E-state index contributed by atoms with van der Waals surface area (Å²) in [5.41, 5.74) is 0.939. The molecule has 41 heavy (non-hydrogen) atoms. The molecule has 0 bridgehead atoms. The van der Waals surface area contributed by atoms with Crippen molar-refractivity contribution in [3.05, 3.63) is 71.6 Å². The molecule has 14 heteroatoms. The maximum absolute atomic E-state index is 13.0. The molecule has 0 saturated heterocycles. The normalized spacial score (nSPS) is 12.4. The molecule has 0 radical (unpaired) electrons. The number of hydrogen-bond acceptors (Lipinski definition) is 7. The van der Waals surface area contributed by atoms with Gasteiger partial charge in [-0.15, -0.1) is 0 Å². The second-order valence-electron chi connectivity index (χ2n) is 9.53. The maximum atomic E-state index is 13.0. The number of anilines is 2. The number of rotatable bonds is 10. The highest BCUT2D eigenvalue weighted by molar-refractivity contribution is 7.93. The maximum Gasteiger partial charge on any atom is 0.416 e. The third-order valence-corrected chi connectivity index (χ3v) is 9.27. The highest BCUT2D eigenvalue weighted by Gasteiger charge is 2.40. The van der Waals surface area contributed by atoms with Crippen LogP contribution in [0.2, 0.25) is 5.02 Å². The summed E-state index contributed by atoms with van der Waals surface area (Å²) >= 11 is 6.37. The van der Waals surface area contributed by atoms with Crippen molar-refractivity contribution in [3.8, 4) is 11.5 Å². The zero-order chi connectivity index (χ0) is 30.0. The average Bonchev–Trinajstić information content (AvgIpc) is 3.33. The zero-order valence-electron chi connectivity index (χ0n) is 22.3. The van der Waals surface area contributed by atoms with Gasteiger partial charge in [-0.1, -0.05) is 24.6 Å². The van der Waals surface area contributed by atoms with Crippen LogP contribution in [-0.2, 0) is 27.4 Å². The van der Waals surface area contributed by atoms with Crippen LogP contribution in [0.3, 0.4) is 0 Å². The van der Waals surface area contributed by atoms with Gasteiger partial charge in [-0.25, -0.2) is 18.4 Å². The van der Waals surface area contributed by atoms with Crippen molar-refractivity contribution in [2.24, 2.45) is 0 Å². The van der Waals surface area contributed by atoms with Gasteiger partial charge in [-0.05, 0) is 56.3 Å². The minimum atomic E-state index is -4.50. The Balaban J connectivity index is 1.49. The summed E-state index contributed by atoms with van der Waals surface area (Å²) in [6, 6.07) is 10.9. The predicted octanol–water partition coefficient (Wildman–Crippen LogP) is 5.97. The summed E-state index contributed by atoms with van der Waals surface area (Å²) in [6.45, 7) is 4.72. The molecule has 0 spiro atoms. The van der Waals surface area contributed by atoms with Crippen LogP contribution in [0.1, 0.15) is 26.3 Å². The van der Waals surface area contributed by atoms with Gasteiger partial charge in [0.25, 0.3) is 0 Å². The van der Waals surface area contributed by atoms with Gasteiger partial charge in [0.2, 0.25) is 5.91 Å². The van der Waals surface area contributed by atoms with Crippen molar-refractivity contribution in [3.63, 3.8) is 0 Å². The van der Waals surface area contributed by atoms with Crippen LogP contribution >= 0.6 is 11.6 Å². The number of aromatic nitrogens is 3. The lowest BCUT2D eigenvalue weighted by Gasteiger charge is -2.23. The van der Waals surface area contributed by atoms with E-state index in [1.807, 2.05) is 4.57 Å². The molecule has 0 aliphatic rings. The number of halogens is 4. The minimum absolute atomic E-state index is 0.0134. The van der Waals surface area contributed by atoms with E-state index < -0.39 is 32.2 Å². The van der Waals surface area contributed by atoms with E-state index in [1.54, 1.807) is 24.4 Å². The van der Waals surface area contributed by atoms with Gasteiger partial charge in [0.05, 0.1) is 16.1 Å². The molecule has 9 nitrogen and oxygen atoms in total. The number of hydrogen-bond donors (Lipinski definition) is 2. The quantitative estimate of drug-likeness (QED) is 0.228. The number of carbonyl (C=O) groups excluding carboxylic acids is 1. The Morgan fingerprint density at radius 1 is 1.10 bits per heavy atom. The van der Waals surface area contributed by atoms with Crippen LogP contribution < -0.4 is 15.4 Å². The van der Waals surface area contributed by atoms with Gasteiger partial charge >= 0.3 is 6.18 Å². The van der Waals surface area contributed by atoms with Crippen molar-refractivity contribution >= 4 is 49.9 Å². The lowest BCUT2D eigenvalue weighted by molar-refractivity contribution is -0.137. The Bertz CT molecular complexity index is 1690. The Labute approximate surface area is 239 Å². The van der Waals surface area contributed by atoms with E-state index in [4.69, 9.17) is 16.3 Å². The third-order valence-electron chi connectivity index (χ3n) is 6.48. The number of carbonyl (C=O) groups is 1. The highest BCUT2D eigenvalue weighted by Crippen LogP contribution is 2.36. The van der Waals surface area contributed by atoms with Gasteiger partial charge in [-0.2, -0.15) is 13.2 Å². The standard InChI is InChI=1S/C27H27ClF3N5O4S/c1-4-41(38,39)26(2,3)25(37)32-11-13-36-12-10-21-23(36)24(34-16-33-21)35-18-8-9-22(20(28)15-18)40-19-7-5-6-17(14-19)27(29,30)31/h5-10,12,14-16H,4,11,13H2,1-3H3,(H,32,37)(H,33,34,35). The van der Waals surface area contributed by atoms with E-state index >= 15 is 0 Å². The second-order valence-corrected chi connectivity index (χ2v) is 12.8. The van der Waals surface area contributed by atoms with Crippen molar-refractivity contribution in [1.82, 2.24) is 19.9 Å². The van der Waals surface area contributed by atoms with Crippen LogP contribution in [0.25, 0.3) is 11.0 Å². The lowest BCUT2D eigenvalue weighted by Crippen LogP contribution is -2.49. The molecule has 0 unspecified atom stereocenters. The molecule has 0 atom stereocenters. The van der Waals surface area contributed by atoms with Crippen LogP contribution in [0.4, 0.5) is 24.7 Å². The van der Waals surface area contributed by atoms with Gasteiger partial charge in [0, 0.05) is 30.7 Å². The van der Waals surface area contributed by atoms with Crippen molar-refractivity contribution in [1.29, 1.82) is 0 Å². The molecular weight excluding hydrogens is 583 g/mol. The molecule has 2 N–H and O–H groups in total. The van der Waals surface area contributed by atoms with Crippen LogP contribution in [-0.4, -0.2) is 45.9 Å². The first-order valence-corrected chi connectivity index (χ1v) is 14.5. The Hall–Kier alpha value is -3.84. The van der Waals surface area contributed by atoms with Gasteiger partial charge in [0.1, 0.15) is 28.1 Å². The SMILES string of the molecule is CCS(=O)(=O)C(C)(C)C(=O)NCCn1ccc2ncnc(Nc3ccc(Oc4cccc(C(F)(F)F)c4)c(Cl)c3)c21. The number of ether oxygens (including phenoxy) is 1. The molecule has 0 saturated carbocycles. The molecule has 0 aliphatic carbocycles. The number of fused-ring (bicyclic) bond motifs is 1. The summed E-state index contributed by atoms with van der Waals surface area (Å²) in [5, 5.41) is 6.00. The number of sulfone groups is 1. The number of nitrogens with one attached hydrogen (secondary N) is 2. The average molecular weight is 610 g/mol. The molecule has 0 fully saturated rings. The summed E-state index contributed by atoms with van der Waals surface area (Å²) in [7, 11) is -3.60. The number of alkyl halides is 3. The topological polar surface area (TPSA) is 115 Å². The fourth-order valence-electron chi connectivity index (χ4n) is 3.98. The third kappa shape index (κ3) is 6.57. The molecule has 2 heterocycles. The first-order valence-electron chi connectivity index (χ1n) is 12.4. The molecule has 4 rings (SSSR count). The Morgan fingerprint density at radius 2 is 1.85 bits per heavy atom. The van der Waals surface area contributed by atoms with Crippen LogP contribution in [0.5, 0.6) is 11.5 Å². The number of amides is 1. The van der Waals surface area contributed by atoms with Gasteiger partial charge in [0.15, 0.2) is 15.7 Å². The van der Waals surface area contributed by atoms with Gasteiger partial charge < -0.3 is 19.9 Å². The van der Waals surface area contributed by atoms with E-state index in [2.05, 4.69) is 20.6 Å². The summed E-state index contributed by atoms with van der Waals surface area (Å²) in [6.07, 6.45) is -1.36. The van der Waals surface area contributed by atoms with Gasteiger partial charge in [-0.3, -0.25) is 4.79 Å². The zero-order valence-corrected chi connectivity index (χ0v) is 23.9. The van der Waals surface area contributed by atoms with Crippen molar-refractivity contribution < 1.29 is 31.1 Å². The van der Waals surface area contributed by atoms with Crippen LogP contribution in [0.15, 0.2) is 61.1 Å². The largest absolute Gasteiger partial charge is 0.456 e. The van der Waals surface area contributed by atoms with E-state index in [1.165, 1.54) is 45.3 Å². The molecule has 2 aromatic carbocycles. The first-order chi connectivity index (χ1) is 19.2. The number of nitrogens with zero attached hydrogens (tertiary/aromatic N) is 3. The molecule has 2 aromatic heterocycles. The van der Waals surface area contributed by atoms with E-state index in [9.17, 15) is 26.4 Å². The van der Waals surface area contributed by atoms with E-state index in [0.717, 1.165) is 12.1 Å². The molecule has 4 aromatic rings. The fourth-order valence-corrected chi connectivity index (χ4v) is 5.27. The summed E-state index contributed by atoms with van der Waals surface area (Å²) in [5.74, 6) is -0.155. The molecule has 1 amide bonds. The highest BCUT2D eigenvalue weighted by atomic mass is 35.5. The van der Waals surface area contributed by atoms with Crippen molar-refractivity contribution in [2.75, 3.05) is 17.6 Å². The molecule has 0 aliphatic heterocycles. The number of benzene rings is 2. The lowest BCUT2D eigenvalue weighted by atomic mass is 10.2. The van der Waals surface area contributed by atoms with E-state index in [0.29, 0.717) is 29.1 Å². The second kappa shape index (κ2) is 11.6. The van der Waals surface area contributed by atoms with Crippen molar-refractivity contribution in [2.45, 2.75) is 38.2 Å². The summed E-state index contributed by atoms with van der Waals surface area (Å²) < 4.78 is 69.5. The minimum Gasteiger partial charge on any atom is -0.456 e. The predicted molar refractivity (Wildman–Crippen MR) is 150 cm³/mol. The summed E-state index contributed by atoms with van der Waals surface area (Å²) in [4.78, 5) is 21.2. The monoisotopic (exact) mass is 609 g/mol. The smallest absolute Gasteiger partial charge is 0.416 e. The van der Waals surface area contributed by atoms with E-state index in [-0.39, 0.29) is 28.8 Å². The Kier molecular flexibility index (Phi) is 8.50. The fraction of sp³-hybridized carbons (Fsp3) is 0.296. The van der Waals surface area contributed by atoms with Crippen LogP contribution in [0, 0.1) is 0 Å². The molecular formula is C27H27ClF3N5O4S.